The highest BCUT2D eigenvalue weighted by Gasteiger charge is 2.26. The van der Waals surface area contributed by atoms with Crippen LogP contribution in [-0.4, -0.2) is 28.0 Å². The molecule has 2 N–H and O–H groups in total. The summed E-state index contributed by atoms with van der Waals surface area (Å²) in [6, 6.07) is 1.93. The SMILES string of the molecule is COC(=O)c1c(NC(=S)NCc2ccn(C)n2)sc2c1CCCC2. The second kappa shape index (κ2) is 7.31. The Morgan fingerprint density at radius 3 is 2.96 bits per heavy atom. The fraction of sp³-hybridized carbons (Fsp3) is 0.438. The number of thiophene rings is 1. The summed E-state index contributed by atoms with van der Waals surface area (Å²) in [7, 11) is 3.29. The normalized spacial score (nSPS) is 13.2. The molecule has 0 fully saturated rings. The molecule has 0 radical (unpaired) electrons. The molecule has 0 aliphatic heterocycles. The topological polar surface area (TPSA) is 68.2 Å². The summed E-state index contributed by atoms with van der Waals surface area (Å²) >= 11 is 6.96. The molecule has 0 atom stereocenters. The Bertz CT molecular complexity index is 766. The average molecular weight is 364 g/mol. The van der Waals surface area contributed by atoms with Gasteiger partial charge in [-0.05, 0) is 49.5 Å². The molecule has 2 aromatic rings. The molecule has 0 saturated carbocycles. The van der Waals surface area contributed by atoms with Crippen molar-refractivity contribution in [1.29, 1.82) is 0 Å². The number of carbonyl (C=O) groups is 1. The summed E-state index contributed by atoms with van der Waals surface area (Å²) in [6.45, 7) is 0.533. The predicted octanol–water partition coefficient (Wildman–Crippen LogP) is 2.63. The van der Waals surface area contributed by atoms with Gasteiger partial charge in [-0.2, -0.15) is 5.10 Å². The maximum atomic E-state index is 12.2. The van der Waals surface area contributed by atoms with Crippen molar-refractivity contribution in [3.63, 3.8) is 0 Å². The second-order valence-corrected chi connectivity index (χ2v) is 7.21. The molecule has 0 spiro atoms. The van der Waals surface area contributed by atoms with Crippen LogP contribution in [0.25, 0.3) is 0 Å². The monoisotopic (exact) mass is 364 g/mol. The first-order chi connectivity index (χ1) is 11.6. The number of hydrogen-bond acceptors (Lipinski definition) is 5. The summed E-state index contributed by atoms with van der Waals surface area (Å²) in [4.78, 5) is 13.5. The van der Waals surface area contributed by atoms with Crippen molar-refractivity contribution in [2.45, 2.75) is 32.2 Å². The first-order valence-electron chi connectivity index (χ1n) is 7.84. The van der Waals surface area contributed by atoms with E-state index in [1.54, 1.807) is 16.0 Å². The van der Waals surface area contributed by atoms with E-state index in [-0.39, 0.29) is 5.97 Å². The van der Waals surface area contributed by atoms with Crippen LogP contribution >= 0.6 is 23.6 Å². The molecular weight excluding hydrogens is 344 g/mol. The largest absolute Gasteiger partial charge is 0.465 e. The molecule has 6 nitrogen and oxygen atoms in total. The maximum absolute atomic E-state index is 12.2. The number of aromatic nitrogens is 2. The van der Waals surface area contributed by atoms with E-state index in [1.807, 2.05) is 19.3 Å². The average Bonchev–Trinajstić information content (AvgIpc) is 3.15. The fourth-order valence-corrected chi connectivity index (χ4v) is 4.37. The second-order valence-electron chi connectivity index (χ2n) is 5.70. The molecule has 3 rings (SSSR count). The zero-order valence-corrected chi connectivity index (χ0v) is 15.4. The third-order valence-electron chi connectivity index (χ3n) is 3.99. The van der Waals surface area contributed by atoms with Gasteiger partial charge in [0.1, 0.15) is 5.00 Å². The van der Waals surface area contributed by atoms with E-state index in [4.69, 9.17) is 17.0 Å². The number of rotatable bonds is 4. The van der Waals surface area contributed by atoms with Crippen LogP contribution < -0.4 is 10.6 Å². The van der Waals surface area contributed by atoms with Crippen molar-refractivity contribution < 1.29 is 9.53 Å². The van der Waals surface area contributed by atoms with Gasteiger partial charge < -0.3 is 15.4 Å². The van der Waals surface area contributed by atoms with Crippen LogP contribution in [-0.2, 0) is 31.2 Å². The molecule has 8 heteroatoms. The smallest absolute Gasteiger partial charge is 0.341 e. The van der Waals surface area contributed by atoms with Gasteiger partial charge in [-0.1, -0.05) is 0 Å². The van der Waals surface area contributed by atoms with Crippen molar-refractivity contribution in [2.24, 2.45) is 7.05 Å². The van der Waals surface area contributed by atoms with Crippen LogP contribution in [0.4, 0.5) is 5.00 Å². The molecule has 1 aliphatic rings. The van der Waals surface area contributed by atoms with Gasteiger partial charge in [-0.15, -0.1) is 11.3 Å². The Morgan fingerprint density at radius 1 is 1.46 bits per heavy atom. The minimum atomic E-state index is -0.301. The van der Waals surface area contributed by atoms with Crippen molar-refractivity contribution in [3.05, 3.63) is 34.0 Å². The van der Waals surface area contributed by atoms with Gasteiger partial charge in [0, 0.05) is 18.1 Å². The van der Waals surface area contributed by atoms with Gasteiger partial charge in [0.2, 0.25) is 0 Å². The Morgan fingerprint density at radius 2 is 2.25 bits per heavy atom. The standard InChI is InChI=1S/C16H20N4O2S2/c1-20-8-7-10(19-20)9-17-16(23)18-14-13(15(21)22-2)11-5-3-4-6-12(11)24-14/h7-8H,3-6,9H2,1-2H3,(H2,17,18,23). The van der Waals surface area contributed by atoms with Crippen molar-refractivity contribution in [3.8, 4) is 0 Å². The highest BCUT2D eigenvalue weighted by molar-refractivity contribution is 7.80. The molecule has 24 heavy (non-hydrogen) atoms. The lowest BCUT2D eigenvalue weighted by Gasteiger charge is -2.12. The third-order valence-corrected chi connectivity index (χ3v) is 5.44. The van der Waals surface area contributed by atoms with E-state index in [0.717, 1.165) is 41.9 Å². The molecular formula is C16H20N4O2S2. The first kappa shape index (κ1) is 16.9. The number of aryl methyl sites for hydroxylation is 2. The number of fused-ring (bicyclic) bond motifs is 1. The summed E-state index contributed by atoms with van der Waals surface area (Å²) in [5.41, 5.74) is 2.66. The molecule has 2 heterocycles. The number of esters is 1. The number of carbonyl (C=O) groups excluding carboxylic acids is 1. The van der Waals surface area contributed by atoms with E-state index >= 15 is 0 Å². The third kappa shape index (κ3) is 3.59. The number of hydrogen-bond donors (Lipinski definition) is 2. The number of ether oxygens (including phenoxy) is 1. The zero-order valence-electron chi connectivity index (χ0n) is 13.7. The van der Waals surface area contributed by atoms with Crippen LogP contribution in [0.15, 0.2) is 12.3 Å². The molecule has 0 saturated heterocycles. The molecule has 1 aliphatic carbocycles. The minimum Gasteiger partial charge on any atom is -0.465 e. The number of thiocarbonyl (C=S) groups is 1. The molecule has 0 unspecified atom stereocenters. The summed E-state index contributed by atoms with van der Waals surface area (Å²) < 4.78 is 6.71. The molecule has 128 valence electrons. The van der Waals surface area contributed by atoms with Gasteiger partial charge in [0.05, 0.1) is 24.9 Å². The predicted molar refractivity (Wildman–Crippen MR) is 98.6 cm³/mol. The zero-order chi connectivity index (χ0) is 17.1. The van der Waals surface area contributed by atoms with E-state index in [0.29, 0.717) is 17.2 Å². The summed E-state index contributed by atoms with van der Waals surface area (Å²) in [6.07, 6.45) is 6.09. The van der Waals surface area contributed by atoms with Crippen LogP contribution in [0.3, 0.4) is 0 Å². The summed E-state index contributed by atoms with van der Waals surface area (Å²) in [5.74, 6) is -0.301. The summed E-state index contributed by atoms with van der Waals surface area (Å²) in [5, 5.41) is 11.8. The van der Waals surface area contributed by atoms with Gasteiger partial charge in [-0.3, -0.25) is 4.68 Å². The minimum absolute atomic E-state index is 0.301. The Balaban J connectivity index is 1.72. The van der Waals surface area contributed by atoms with E-state index in [9.17, 15) is 4.79 Å². The molecule has 2 aromatic heterocycles. The van der Waals surface area contributed by atoms with Gasteiger partial charge in [0.25, 0.3) is 0 Å². The Kier molecular flexibility index (Phi) is 5.15. The van der Waals surface area contributed by atoms with Crippen molar-refractivity contribution in [2.75, 3.05) is 12.4 Å². The van der Waals surface area contributed by atoms with E-state index in [1.165, 1.54) is 12.0 Å². The number of nitrogens with zero attached hydrogens (tertiary/aromatic N) is 2. The highest BCUT2D eigenvalue weighted by Crippen LogP contribution is 2.38. The van der Waals surface area contributed by atoms with Gasteiger partial charge >= 0.3 is 5.97 Å². The van der Waals surface area contributed by atoms with E-state index < -0.39 is 0 Å². The highest BCUT2D eigenvalue weighted by atomic mass is 32.1. The van der Waals surface area contributed by atoms with Crippen LogP contribution in [0, 0.1) is 0 Å². The number of nitrogens with one attached hydrogen (secondary N) is 2. The van der Waals surface area contributed by atoms with Gasteiger partial charge in [-0.25, -0.2) is 4.79 Å². The molecule has 0 bridgehead atoms. The molecule has 0 amide bonds. The van der Waals surface area contributed by atoms with Gasteiger partial charge in [0.15, 0.2) is 5.11 Å². The van der Waals surface area contributed by atoms with Crippen molar-refractivity contribution in [1.82, 2.24) is 15.1 Å². The Labute approximate surface area is 150 Å². The van der Waals surface area contributed by atoms with E-state index in [2.05, 4.69) is 15.7 Å². The Hall–Kier alpha value is -1.93. The lowest BCUT2D eigenvalue weighted by molar-refractivity contribution is 0.0601. The van der Waals surface area contributed by atoms with Crippen molar-refractivity contribution >= 4 is 39.6 Å². The molecule has 0 aromatic carbocycles. The lowest BCUT2D eigenvalue weighted by atomic mass is 9.95. The number of anilines is 1. The lowest BCUT2D eigenvalue weighted by Crippen LogP contribution is -2.28. The number of methoxy groups -OCH3 is 1. The van der Waals surface area contributed by atoms with Crippen LogP contribution in [0.2, 0.25) is 0 Å². The van der Waals surface area contributed by atoms with Crippen LogP contribution in [0.5, 0.6) is 0 Å². The quantitative estimate of drug-likeness (QED) is 0.642. The maximum Gasteiger partial charge on any atom is 0.341 e. The fourth-order valence-electron chi connectivity index (χ4n) is 2.85. The first-order valence-corrected chi connectivity index (χ1v) is 9.07. The van der Waals surface area contributed by atoms with Crippen LogP contribution in [0.1, 0.15) is 39.3 Å².